The summed E-state index contributed by atoms with van der Waals surface area (Å²) in [7, 11) is 0. The lowest BCUT2D eigenvalue weighted by molar-refractivity contribution is 0.111. The third-order valence-electron chi connectivity index (χ3n) is 3.51. The molecule has 1 aromatic rings. The Kier molecular flexibility index (Phi) is 4.80. The van der Waals surface area contributed by atoms with Crippen LogP contribution < -0.4 is 5.73 Å². The van der Waals surface area contributed by atoms with E-state index in [-0.39, 0.29) is 0 Å². The third kappa shape index (κ3) is 3.57. The van der Waals surface area contributed by atoms with Crippen molar-refractivity contribution in [2.24, 2.45) is 11.7 Å². The second-order valence-electron chi connectivity index (χ2n) is 5.54. The van der Waals surface area contributed by atoms with E-state index in [1.165, 1.54) is 6.54 Å². The third-order valence-corrected chi connectivity index (χ3v) is 3.51. The molecule has 1 fully saturated rings. The van der Waals surface area contributed by atoms with Crippen LogP contribution in [0.4, 0.5) is 0 Å². The SMILES string of the molecule is CC(C)CN1CCN(Cc2occc2CN)CC1. The topological polar surface area (TPSA) is 45.6 Å². The molecule has 0 unspecified atom stereocenters. The van der Waals surface area contributed by atoms with Crippen molar-refractivity contribution in [2.45, 2.75) is 26.9 Å². The van der Waals surface area contributed by atoms with E-state index >= 15 is 0 Å². The Balaban J connectivity index is 1.80. The van der Waals surface area contributed by atoms with E-state index in [0.29, 0.717) is 6.54 Å². The van der Waals surface area contributed by atoms with Crippen molar-refractivity contribution in [3.63, 3.8) is 0 Å². The molecule has 102 valence electrons. The fourth-order valence-corrected chi connectivity index (χ4v) is 2.54. The first-order valence-corrected chi connectivity index (χ1v) is 6.89. The van der Waals surface area contributed by atoms with E-state index < -0.39 is 0 Å². The first-order valence-electron chi connectivity index (χ1n) is 6.89. The molecule has 0 amide bonds. The standard InChI is InChI=1S/C14H25N3O/c1-12(2)10-16-4-6-17(7-5-16)11-14-13(9-15)3-8-18-14/h3,8,12H,4-7,9-11,15H2,1-2H3. The molecular weight excluding hydrogens is 226 g/mol. The molecular formula is C14H25N3O. The Bertz CT molecular complexity index is 354. The van der Waals surface area contributed by atoms with E-state index in [1.807, 2.05) is 6.07 Å². The molecule has 0 bridgehead atoms. The summed E-state index contributed by atoms with van der Waals surface area (Å²) in [5.41, 5.74) is 6.83. The van der Waals surface area contributed by atoms with Crippen LogP contribution in [0.25, 0.3) is 0 Å². The molecule has 1 aromatic heterocycles. The van der Waals surface area contributed by atoms with Gasteiger partial charge < -0.3 is 15.1 Å². The van der Waals surface area contributed by atoms with Crippen LogP contribution in [-0.4, -0.2) is 42.5 Å². The van der Waals surface area contributed by atoms with E-state index in [2.05, 4.69) is 23.6 Å². The highest BCUT2D eigenvalue weighted by Crippen LogP contribution is 2.14. The molecule has 0 aromatic carbocycles. The number of nitrogens with two attached hydrogens (primary N) is 1. The second kappa shape index (κ2) is 6.36. The quantitative estimate of drug-likeness (QED) is 0.861. The van der Waals surface area contributed by atoms with E-state index in [9.17, 15) is 0 Å². The predicted octanol–water partition coefficient (Wildman–Crippen LogP) is 1.51. The highest BCUT2D eigenvalue weighted by molar-refractivity contribution is 5.16. The summed E-state index contributed by atoms with van der Waals surface area (Å²) in [6.45, 7) is 11.8. The van der Waals surface area contributed by atoms with Gasteiger partial charge in [-0.2, -0.15) is 0 Å². The van der Waals surface area contributed by atoms with Gasteiger partial charge in [0, 0.05) is 44.8 Å². The largest absolute Gasteiger partial charge is 0.468 e. The van der Waals surface area contributed by atoms with E-state index in [1.54, 1.807) is 6.26 Å². The maximum atomic E-state index is 5.69. The first kappa shape index (κ1) is 13.6. The summed E-state index contributed by atoms with van der Waals surface area (Å²) >= 11 is 0. The maximum absolute atomic E-state index is 5.69. The normalized spacial score (nSPS) is 18.7. The summed E-state index contributed by atoms with van der Waals surface area (Å²) in [5, 5.41) is 0. The summed E-state index contributed by atoms with van der Waals surface area (Å²) in [4.78, 5) is 5.00. The molecule has 0 atom stereocenters. The van der Waals surface area contributed by atoms with Gasteiger partial charge in [-0.15, -0.1) is 0 Å². The second-order valence-corrected chi connectivity index (χ2v) is 5.54. The van der Waals surface area contributed by atoms with Crippen molar-refractivity contribution in [3.8, 4) is 0 Å². The predicted molar refractivity (Wildman–Crippen MR) is 73.2 cm³/mol. The Hall–Kier alpha value is -0.840. The fourth-order valence-electron chi connectivity index (χ4n) is 2.54. The van der Waals surface area contributed by atoms with Gasteiger partial charge in [0.1, 0.15) is 5.76 Å². The van der Waals surface area contributed by atoms with Crippen LogP contribution in [0, 0.1) is 5.92 Å². The Morgan fingerprint density at radius 1 is 1.22 bits per heavy atom. The van der Waals surface area contributed by atoms with E-state index in [0.717, 1.165) is 50.0 Å². The van der Waals surface area contributed by atoms with Gasteiger partial charge in [-0.3, -0.25) is 4.90 Å². The van der Waals surface area contributed by atoms with Crippen LogP contribution in [0.5, 0.6) is 0 Å². The van der Waals surface area contributed by atoms with Crippen LogP contribution in [-0.2, 0) is 13.1 Å². The van der Waals surface area contributed by atoms with Gasteiger partial charge in [-0.05, 0) is 12.0 Å². The summed E-state index contributed by atoms with van der Waals surface area (Å²) in [6.07, 6.45) is 1.74. The van der Waals surface area contributed by atoms with Crippen molar-refractivity contribution < 1.29 is 4.42 Å². The van der Waals surface area contributed by atoms with Gasteiger partial charge in [-0.1, -0.05) is 13.8 Å². The van der Waals surface area contributed by atoms with Gasteiger partial charge in [0.05, 0.1) is 12.8 Å². The molecule has 0 aliphatic carbocycles. The lowest BCUT2D eigenvalue weighted by Gasteiger charge is -2.35. The minimum absolute atomic E-state index is 0.569. The van der Waals surface area contributed by atoms with Gasteiger partial charge in [0.15, 0.2) is 0 Å². The Morgan fingerprint density at radius 3 is 2.50 bits per heavy atom. The Morgan fingerprint density at radius 2 is 1.89 bits per heavy atom. The average Bonchev–Trinajstić information content (AvgIpc) is 2.78. The van der Waals surface area contributed by atoms with Crippen molar-refractivity contribution >= 4 is 0 Å². The molecule has 18 heavy (non-hydrogen) atoms. The summed E-state index contributed by atoms with van der Waals surface area (Å²) < 4.78 is 5.51. The molecule has 1 saturated heterocycles. The minimum atomic E-state index is 0.569. The molecule has 1 aliphatic heterocycles. The van der Waals surface area contributed by atoms with Crippen LogP contribution in [0.2, 0.25) is 0 Å². The first-order chi connectivity index (χ1) is 8.69. The highest BCUT2D eigenvalue weighted by atomic mass is 16.3. The molecule has 4 heteroatoms. The van der Waals surface area contributed by atoms with Crippen molar-refractivity contribution in [1.29, 1.82) is 0 Å². The van der Waals surface area contributed by atoms with Crippen molar-refractivity contribution in [3.05, 3.63) is 23.7 Å². The fraction of sp³-hybridized carbons (Fsp3) is 0.714. The number of hydrogen-bond donors (Lipinski definition) is 1. The van der Waals surface area contributed by atoms with Gasteiger partial charge >= 0.3 is 0 Å². The minimum Gasteiger partial charge on any atom is -0.468 e. The number of piperazine rings is 1. The molecule has 2 rings (SSSR count). The molecule has 0 spiro atoms. The van der Waals surface area contributed by atoms with E-state index in [4.69, 9.17) is 10.2 Å². The molecule has 2 N–H and O–H groups in total. The molecule has 0 radical (unpaired) electrons. The lowest BCUT2D eigenvalue weighted by Crippen LogP contribution is -2.46. The van der Waals surface area contributed by atoms with Crippen LogP contribution >= 0.6 is 0 Å². The average molecular weight is 251 g/mol. The van der Waals surface area contributed by atoms with Crippen molar-refractivity contribution in [1.82, 2.24) is 9.80 Å². The van der Waals surface area contributed by atoms with Gasteiger partial charge in [-0.25, -0.2) is 0 Å². The number of rotatable bonds is 5. The zero-order valence-corrected chi connectivity index (χ0v) is 11.6. The zero-order valence-electron chi connectivity index (χ0n) is 11.6. The highest BCUT2D eigenvalue weighted by Gasteiger charge is 2.19. The van der Waals surface area contributed by atoms with Gasteiger partial charge in [0.2, 0.25) is 0 Å². The van der Waals surface area contributed by atoms with Gasteiger partial charge in [0.25, 0.3) is 0 Å². The number of hydrogen-bond acceptors (Lipinski definition) is 4. The smallest absolute Gasteiger partial charge is 0.122 e. The number of furan rings is 1. The maximum Gasteiger partial charge on any atom is 0.122 e. The lowest BCUT2D eigenvalue weighted by atomic mass is 10.2. The molecule has 1 aliphatic rings. The summed E-state index contributed by atoms with van der Waals surface area (Å²) in [5.74, 6) is 1.79. The van der Waals surface area contributed by atoms with Crippen LogP contribution in [0.3, 0.4) is 0 Å². The Labute approximate surface area is 110 Å². The zero-order chi connectivity index (χ0) is 13.0. The molecule has 2 heterocycles. The van der Waals surface area contributed by atoms with Crippen LogP contribution in [0.1, 0.15) is 25.2 Å². The molecule has 0 saturated carbocycles. The van der Waals surface area contributed by atoms with Crippen LogP contribution in [0.15, 0.2) is 16.7 Å². The van der Waals surface area contributed by atoms with Crippen molar-refractivity contribution in [2.75, 3.05) is 32.7 Å². The summed E-state index contributed by atoms with van der Waals surface area (Å²) in [6, 6.07) is 1.98. The number of nitrogens with zero attached hydrogens (tertiary/aromatic N) is 2. The molecule has 4 nitrogen and oxygen atoms in total. The monoisotopic (exact) mass is 251 g/mol.